The third-order valence-electron chi connectivity index (χ3n) is 3.49. The Balaban J connectivity index is 2.06. The molecule has 108 valence electrons. The smallest absolute Gasteiger partial charge is 0.0806 e. The molecule has 0 atom stereocenters. The molecule has 0 bridgehead atoms. The number of ether oxygens (including phenoxy) is 3. The molecule has 1 aliphatic rings. The van der Waals surface area contributed by atoms with Gasteiger partial charge in [0.25, 0.3) is 0 Å². The molecule has 1 aliphatic carbocycles. The van der Waals surface area contributed by atoms with Gasteiger partial charge in [0.15, 0.2) is 0 Å². The fourth-order valence-electron chi connectivity index (χ4n) is 2.44. The van der Waals surface area contributed by atoms with Gasteiger partial charge in [0.05, 0.1) is 18.8 Å². The molecule has 0 aromatic rings. The predicted molar refractivity (Wildman–Crippen MR) is 73.0 cm³/mol. The molecule has 1 rings (SSSR count). The summed E-state index contributed by atoms with van der Waals surface area (Å²) in [5.74, 6) is 0. The first-order chi connectivity index (χ1) is 8.83. The van der Waals surface area contributed by atoms with Gasteiger partial charge in [-0.1, -0.05) is 19.8 Å². The van der Waals surface area contributed by atoms with Gasteiger partial charge >= 0.3 is 0 Å². The second-order valence-electron chi connectivity index (χ2n) is 4.98. The van der Waals surface area contributed by atoms with Crippen LogP contribution in [0.15, 0.2) is 0 Å². The molecule has 18 heavy (non-hydrogen) atoms. The molecule has 0 radical (unpaired) electrons. The Labute approximate surface area is 111 Å². The third-order valence-corrected chi connectivity index (χ3v) is 3.49. The Morgan fingerprint density at radius 2 is 1.83 bits per heavy atom. The van der Waals surface area contributed by atoms with Crippen LogP contribution < -0.4 is 5.32 Å². The topological polar surface area (TPSA) is 39.7 Å². The highest BCUT2D eigenvalue weighted by molar-refractivity contribution is 4.88. The van der Waals surface area contributed by atoms with Crippen LogP contribution in [0.4, 0.5) is 0 Å². The summed E-state index contributed by atoms with van der Waals surface area (Å²) in [6, 6.07) is 0. The molecule has 0 unspecified atom stereocenters. The molecule has 0 saturated heterocycles. The highest BCUT2D eigenvalue weighted by Crippen LogP contribution is 2.32. The van der Waals surface area contributed by atoms with Crippen molar-refractivity contribution in [3.8, 4) is 0 Å². The van der Waals surface area contributed by atoms with Crippen molar-refractivity contribution in [2.24, 2.45) is 0 Å². The number of nitrogens with one attached hydrogen (secondary N) is 1. The van der Waals surface area contributed by atoms with Crippen molar-refractivity contribution >= 4 is 0 Å². The monoisotopic (exact) mass is 259 g/mol. The lowest BCUT2D eigenvalue weighted by Crippen LogP contribution is -2.41. The van der Waals surface area contributed by atoms with E-state index in [1.807, 2.05) is 0 Å². The summed E-state index contributed by atoms with van der Waals surface area (Å²) in [7, 11) is 1.69. The van der Waals surface area contributed by atoms with Gasteiger partial charge in [-0.15, -0.1) is 0 Å². The molecule has 4 nitrogen and oxygen atoms in total. The largest absolute Gasteiger partial charge is 0.382 e. The molecular weight excluding hydrogens is 230 g/mol. The first-order valence-electron chi connectivity index (χ1n) is 7.24. The minimum Gasteiger partial charge on any atom is -0.382 e. The summed E-state index contributed by atoms with van der Waals surface area (Å²) < 4.78 is 16.5. The zero-order chi connectivity index (χ0) is 13.1. The lowest BCUT2D eigenvalue weighted by Gasteiger charge is -2.29. The van der Waals surface area contributed by atoms with Crippen molar-refractivity contribution in [1.82, 2.24) is 5.32 Å². The third kappa shape index (κ3) is 6.14. The Morgan fingerprint density at radius 3 is 2.50 bits per heavy atom. The van der Waals surface area contributed by atoms with Crippen LogP contribution in [0.25, 0.3) is 0 Å². The molecule has 0 aliphatic heterocycles. The lowest BCUT2D eigenvalue weighted by atomic mass is 10.0. The van der Waals surface area contributed by atoms with Crippen LogP contribution in [0.5, 0.6) is 0 Å². The van der Waals surface area contributed by atoms with Crippen LogP contribution in [-0.2, 0) is 14.2 Å². The quantitative estimate of drug-likeness (QED) is 0.576. The maximum Gasteiger partial charge on any atom is 0.0806 e. The second kappa shape index (κ2) is 9.73. The van der Waals surface area contributed by atoms with Crippen LogP contribution >= 0.6 is 0 Å². The van der Waals surface area contributed by atoms with E-state index in [0.717, 1.165) is 32.7 Å². The van der Waals surface area contributed by atoms with E-state index in [1.54, 1.807) is 7.11 Å². The van der Waals surface area contributed by atoms with Crippen molar-refractivity contribution in [2.75, 3.05) is 46.6 Å². The summed E-state index contributed by atoms with van der Waals surface area (Å²) in [4.78, 5) is 0. The van der Waals surface area contributed by atoms with E-state index >= 15 is 0 Å². The minimum atomic E-state index is 0.0997. The predicted octanol–water partition coefficient (Wildman–Crippen LogP) is 1.98. The van der Waals surface area contributed by atoms with Crippen molar-refractivity contribution in [3.63, 3.8) is 0 Å². The zero-order valence-electron chi connectivity index (χ0n) is 12.0. The molecule has 0 spiro atoms. The highest BCUT2D eigenvalue weighted by Gasteiger charge is 2.33. The van der Waals surface area contributed by atoms with Gasteiger partial charge in [0.1, 0.15) is 0 Å². The average Bonchev–Trinajstić information content (AvgIpc) is 2.85. The minimum absolute atomic E-state index is 0.0997. The average molecular weight is 259 g/mol. The molecule has 4 heteroatoms. The number of methoxy groups -OCH3 is 1. The van der Waals surface area contributed by atoms with E-state index in [4.69, 9.17) is 14.2 Å². The Hall–Kier alpha value is -0.160. The van der Waals surface area contributed by atoms with Gasteiger partial charge in [-0.3, -0.25) is 0 Å². The Bertz CT molecular complexity index is 193. The molecular formula is C14H29NO3. The first-order valence-corrected chi connectivity index (χ1v) is 7.24. The number of hydrogen-bond donors (Lipinski definition) is 1. The Kier molecular flexibility index (Phi) is 8.59. The van der Waals surface area contributed by atoms with E-state index in [9.17, 15) is 0 Å². The second-order valence-corrected chi connectivity index (χ2v) is 4.98. The zero-order valence-corrected chi connectivity index (χ0v) is 12.0. The van der Waals surface area contributed by atoms with Crippen LogP contribution in [0, 0.1) is 0 Å². The van der Waals surface area contributed by atoms with E-state index in [1.165, 1.54) is 25.7 Å². The summed E-state index contributed by atoms with van der Waals surface area (Å²) >= 11 is 0. The number of likely N-dealkylation sites (N-methyl/N-ethyl adjacent to an activating group) is 1. The molecule has 0 aromatic heterocycles. The van der Waals surface area contributed by atoms with Gasteiger partial charge in [-0.05, 0) is 25.8 Å². The molecule has 1 fully saturated rings. The maximum atomic E-state index is 6.13. The fourth-order valence-corrected chi connectivity index (χ4v) is 2.44. The SMILES string of the molecule is CCNCC1(OCCCOCCOC)CCCC1. The van der Waals surface area contributed by atoms with Crippen molar-refractivity contribution in [3.05, 3.63) is 0 Å². The van der Waals surface area contributed by atoms with E-state index in [2.05, 4.69) is 12.2 Å². The van der Waals surface area contributed by atoms with Gasteiger partial charge in [0, 0.05) is 26.9 Å². The molecule has 1 saturated carbocycles. The molecule has 0 amide bonds. The van der Waals surface area contributed by atoms with E-state index < -0.39 is 0 Å². The standard InChI is InChI=1S/C14H29NO3/c1-3-15-13-14(7-4-5-8-14)18-10-6-9-17-12-11-16-2/h15H,3-13H2,1-2H3. The van der Waals surface area contributed by atoms with Crippen molar-refractivity contribution in [1.29, 1.82) is 0 Å². The summed E-state index contributed by atoms with van der Waals surface area (Å²) in [6.45, 7) is 7.08. The fraction of sp³-hybridized carbons (Fsp3) is 1.00. The summed E-state index contributed by atoms with van der Waals surface area (Å²) in [6.07, 6.45) is 5.97. The normalized spacial score (nSPS) is 18.3. The van der Waals surface area contributed by atoms with Gasteiger partial charge < -0.3 is 19.5 Å². The summed E-state index contributed by atoms with van der Waals surface area (Å²) in [5, 5.41) is 3.43. The van der Waals surface area contributed by atoms with Gasteiger partial charge in [-0.25, -0.2) is 0 Å². The maximum absolute atomic E-state index is 6.13. The van der Waals surface area contributed by atoms with Crippen molar-refractivity contribution < 1.29 is 14.2 Å². The lowest BCUT2D eigenvalue weighted by molar-refractivity contribution is -0.0477. The highest BCUT2D eigenvalue weighted by atomic mass is 16.5. The Morgan fingerprint density at radius 1 is 1.06 bits per heavy atom. The molecule has 0 heterocycles. The number of rotatable bonds is 11. The first kappa shape index (κ1) is 15.9. The van der Waals surface area contributed by atoms with Crippen LogP contribution in [0.1, 0.15) is 39.0 Å². The molecule has 1 N–H and O–H groups in total. The summed E-state index contributed by atoms with van der Waals surface area (Å²) in [5.41, 5.74) is 0.0997. The van der Waals surface area contributed by atoms with Gasteiger partial charge in [-0.2, -0.15) is 0 Å². The van der Waals surface area contributed by atoms with E-state index in [0.29, 0.717) is 13.2 Å². The van der Waals surface area contributed by atoms with Gasteiger partial charge in [0.2, 0.25) is 0 Å². The van der Waals surface area contributed by atoms with Crippen LogP contribution in [-0.4, -0.2) is 52.2 Å². The number of hydrogen-bond acceptors (Lipinski definition) is 4. The van der Waals surface area contributed by atoms with E-state index in [-0.39, 0.29) is 5.60 Å². The molecule has 0 aromatic carbocycles. The van der Waals surface area contributed by atoms with Crippen LogP contribution in [0.2, 0.25) is 0 Å². The van der Waals surface area contributed by atoms with Crippen LogP contribution in [0.3, 0.4) is 0 Å². The van der Waals surface area contributed by atoms with Crippen molar-refractivity contribution in [2.45, 2.75) is 44.6 Å².